The number of aryl methyl sites for hydroxylation is 2. The molecule has 1 amide bonds. The normalized spacial score (nSPS) is 11.7. The number of amides is 1. The molecule has 2 aromatic rings. The fourth-order valence-electron chi connectivity index (χ4n) is 2.92. The van der Waals surface area contributed by atoms with E-state index in [9.17, 15) is 4.79 Å². The number of ether oxygens (including phenoxy) is 1. The largest absolute Gasteiger partial charge is 0.444 e. The number of imidazole rings is 1. The maximum atomic E-state index is 12.0. The second-order valence-corrected chi connectivity index (χ2v) is 7.98. The molecular formula is C21H35IN6O2. The molecule has 2 N–H and O–H groups in total. The molecule has 0 aliphatic heterocycles. The molecule has 0 saturated carbocycles. The van der Waals surface area contributed by atoms with Crippen LogP contribution in [0.25, 0.3) is 11.0 Å². The van der Waals surface area contributed by atoms with Crippen LogP contribution in [0, 0.1) is 6.92 Å². The van der Waals surface area contributed by atoms with Gasteiger partial charge in [0, 0.05) is 40.3 Å². The van der Waals surface area contributed by atoms with Crippen molar-refractivity contribution in [2.45, 2.75) is 46.3 Å². The van der Waals surface area contributed by atoms with Gasteiger partial charge >= 0.3 is 6.09 Å². The zero-order chi connectivity index (χ0) is 21.4. The van der Waals surface area contributed by atoms with Crippen molar-refractivity contribution in [1.82, 2.24) is 25.1 Å². The molecule has 0 aliphatic carbocycles. The third kappa shape index (κ3) is 8.00. The van der Waals surface area contributed by atoms with Gasteiger partial charge in [-0.2, -0.15) is 0 Å². The minimum atomic E-state index is -0.491. The van der Waals surface area contributed by atoms with Gasteiger partial charge in [-0.15, -0.1) is 24.0 Å². The van der Waals surface area contributed by atoms with Crippen molar-refractivity contribution in [3.63, 3.8) is 0 Å². The monoisotopic (exact) mass is 530 g/mol. The predicted molar refractivity (Wildman–Crippen MR) is 133 cm³/mol. The van der Waals surface area contributed by atoms with E-state index in [1.807, 2.05) is 45.9 Å². The van der Waals surface area contributed by atoms with E-state index < -0.39 is 5.60 Å². The van der Waals surface area contributed by atoms with E-state index in [4.69, 9.17) is 4.74 Å². The Labute approximate surface area is 196 Å². The first-order valence-electron chi connectivity index (χ1n) is 10.0. The number of benzene rings is 1. The first-order valence-corrected chi connectivity index (χ1v) is 10.0. The number of nitrogens with zero attached hydrogens (tertiary/aromatic N) is 4. The highest BCUT2D eigenvalue weighted by atomic mass is 127. The number of aromatic nitrogens is 2. The SMILES string of the molecule is CN=C(NCCCn1c(C)nc2ccccc21)NCCN(C)C(=O)OC(C)(C)C.I. The zero-order valence-corrected chi connectivity index (χ0v) is 21.2. The van der Waals surface area contributed by atoms with Crippen LogP contribution in [0.15, 0.2) is 29.3 Å². The quantitative estimate of drug-likeness (QED) is 0.248. The Bertz CT molecular complexity index is 844. The van der Waals surface area contributed by atoms with Gasteiger partial charge in [-0.05, 0) is 46.2 Å². The van der Waals surface area contributed by atoms with Gasteiger partial charge in [-0.1, -0.05) is 12.1 Å². The lowest BCUT2D eigenvalue weighted by Crippen LogP contribution is -2.43. The van der Waals surface area contributed by atoms with Crippen LogP contribution in [0.2, 0.25) is 0 Å². The molecule has 0 spiro atoms. The molecule has 1 aromatic heterocycles. The molecular weight excluding hydrogens is 495 g/mol. The van der Waals surface area contributed by atoms with E-state index >= 15 is 0 Å². The first kappa shape index (κ1) is 26.0. The summed E-state index contributed by atoms with van der Waals surface area (Å²) in [5, 5.41) is 6.53. The van der Waals surface area contributed by atoms with Crippen molar-refractivity contribution in [2.75, 3.05) is 33.7 Å². The average molecular weight is 530 g/mol. The van der Waals surface area contributed by atoms with Gasteiger partial charge in [0.05, 0.1) is 11.0 Å². The maximum absolute atomic E-state index is 12.0. The molecule has 0 fully saturated rings. The number of guanidine groups is 1. The lowest BCUT2D eigenvalue weighted by molar-refractivity contribution is 0.0302. The number of carbonyl (C=O) groups excluding carboxylic acids is 1. The summed E-state index contributed by atoms with van der Waals surface area (Å²) >= 11 is 0. The van der Waals surface area contributed by atoms with Crippen LogP contribution in [0.4, 0.5) is 4.79 Å². The molecule has 9 heteroatoms. The van der Waals surface area contributed by atoms with Gasteiger partial charge in [0.25, 0.3) is 0 Å². The number of hydrogen-bond acceptors (Lipinski definition) is 4. The van der Waals surface area contributed by atoms with Gasteiger partial charge in [0.15, 0.2) is 5.96 Å². The number of likely N-dealkylation sites (N-methyl/N-ethyl adjacent to an activating group) is 1. The lowest BCUT2D eigenvalue weighted by Gasteiger charge is -2.24. The van der Waals surface area contributed by atoms with Crippen LogP contribution in [0.1, 0.15) is 33.0 Å². The topological polar surface area (TPSA) is 83.8 Å². The molecule has 2 rings (SSSR count). The number of hydrogen-bond donors (Lipinski definition) is 2. The minimum Gasteiger partial charge on any atom is -0.444 e. The number of rotatable bonds is 7. The number of fused-ring (bicyclic) bond motifs is 1. The third-order valence-electron chi connectivity index (χ3n) is 4.36. The molecule has 30 heavy (non-hydrogen) atoms. The van der Waals surface area contributed by atoms with E-state index in [0.29, 0.717) is 13.1 Å². The highest BCUT2D eigenvalue weighted by molar-refractivity contribution is 14.0. The first-order chi connectivity index (χ1) is 13.7. The fraction of sp³-hybridized carbons (Fsp3) is 0.571. The van der Waals surface area contributed by atoms with Crippen molar-refractivity contribution < 1.29 is 9.53 Å². The van der Waals surface area contributed by atoms with E-state index in [-0.39, 0.29) is 30.1 Å². The van der Waals surface area contributed by atoms with Crippen LogP contribution in [0.3, 0.4) is 0 Å². The maximum Gasteiger partial charge on any atom is 0.410 e. The second kappa shape index (κ2) is 12.0. The molecule has 0 bridgehead atoms. The molecule has 168 valence electrons. The summed E-state index contributed by atoms with van der Waals surface area (Å²) < 4.78 is 7.58. The van der Waals surface area contributed by atoms with Crippen molar-refractivity contribution in [3.05, 3.63) is 30.1 Å². The van der Waals surface area contributed by atoms with Crippen LogP contribution in [0.5, 0.6) is 0 Å². The van der Waals surface area contributed by atoms with Crippen molar-refractivity contribution in [1.29, 1.82) is 0 Å². The summed E-state index contributed by atoms with van der Waals surface area (Å²) in [6, 6.07) is 8.19. The number of aliphatic imine (C=N–C) groups is 1. The van der Waals surface area contributed by atoms with Crippen molar-refractivity contribution in [2.24, 2.45) is 4.99 Å². The van der Waals surface area contributed by atoms with Gasteiger partial charge in [0.1, 0.15) is 11.4 Å². The smallest absolute Gasteiger partial charge is 0.410 e. The lowest BCUT2D eigenvalue weighted by atomic mass is 10.2. The number of carbonyl (C=O) groups is 1. The highest BCUT2D eigenvalue weighted by Crippen LogP contribution is 2.15. The van der Waals surface area contributed by atoms with Crippen LogP contribution >= 0.6 is 24.0 Å². The number of nitrogens with one attached hydrogen (secondary N) is 2. The minimum absolute atomic E-state index is 0. The van der Waals surface area contributed by atoms with E-state index in [1.54, 1.807) is 19.0 Å². The summed E-state index contributed by atoms with van der Waals surface area (Å²) in [6.45, 7) is 10.4. The molecule has 0 atom stereocenters. The van der Waals surface area contributed by atoms with Crippen molar-refractivity contribution >= 4 is 47.1 Å². The highest BCUT2D eigenvalue weighted by Gasteiger charge is 2.19. The van der Waals surface area contributed by atoms with Crippen LogP contribution < -0.4 is 10.6 Å². The van der Waals surface area contributed by atoms with Gasteiger partial charge in [-0.25, -0.2) is 9.78 Å². The Morgan fingerprint density at radius 3 is 2.57 bits per heavy atom. The summed E-state index contributed by atoms with van der Waals surface area (Å²) in [5.41, 5.74) is 1.71. The van der Waals surface area contributed by atoms with Gasteiger partial charge in [0.2, 0.25) is 0 Å². The molecule has 0 radical (unpaired) electrons. The Morgan fingerprint density at radius 2 is 1.90 bits per heavy atom. The van der Waals surface area contributed by atoms with Crippen LogP contribution in [-0.4, -0.2) is 65.8 Å². The summed E-state index contributed by atoms with van der Waals surface area (Å²) in [5.74, 6) is 1.74. The Kier molecular flexibility index (Phi) is 10.4. The summed E-state index contributed by atoms with van der Waals surface area (Å²) in [6.07, 6.45) is 0.616. The number of halogens is 1. The van der Waals surface area contributed by atoms with Crippen molar-refractivity contribution in [3.8, 4) is 0 Å². The Morgan fingerprint density at radius 1 is 1.23 bits per heavy atom. The summed E-state index contributed by atoms with van der Waals surface area (Å²) in [4.78, 5) is 22.4. The van der Waals surface area contributed by atoms with Gasteiger partial charge in [-0.3, -0.25) is 4.99 Å². The zero-order valence-electron chi connectivity index (χ0n) is 18.9. The van der Waals surface area contributed by atoms with Gasteiger partial charge < -0.3 is 24.8 Å². The predicted octanol–water partition coefficient (Wildman–Crippen LogP) is 3.38. The Balaban J connectivity index is 0.00000450. The van der Waals surface area contributed by atoms with Crippen LogP contribution in [-0.2, 0) is 11.3 Å². The standard InChI is InChI=1S/C21H34N6O2.HI/c1-16-25-17-10-7-8-11-18(17)27(16)14-9-12-23-19(22-5)24-13-15-26(6)20(28)29-21(2,3)4;/h7-8,10-11H,9,12-15H2,1-6H3,(H2,22,23,24);1H. The summed E-state index contributed by atoms with van der Waals surface area (Å²) in [7, 11) is 3.46. The average Bonchev–Trinajstić information content (AvgIpc) is 2.97. The molecule has 0 aliphatic rings. The van der Waals surface area contributed by atoms with E-state index in [0.717, 1.165) is 42.3 Å². The Hall–Kier alpha value is -2.04. The molecule has 0 saturated heterocycles. The number of para-hydroxylation sites is 2. The molecule has 0 unspecified atom stereocenters. The van der Waals surface area contributed by atoms with E-state index in [1.165, 1.54) is 0 Å². The molecule has 1 aromatic carbocycles. The molecule has 8 nitrogen and oxygen atoms in total. The third-order valence-corrected chi connectivity index (χ3v) is 4.36. The molecule has 1 heterocycles. The second-order valence-electron chi connectivity index (χ2n) is 7.98. The van der Waals surface area contributed by atoms with E-state index in [2.05, 4.69) is 31.2 Å². The fourth-order valence-corrected chi connectivity index (χ4v) is 2.92.